The SMILES string of the molecule is CC[C@@]1(C)C(=O)N(C(=O)NCc2ccccc2)[C@H]1Oc1ccc(C(=O)O)cc1. The van der Waals surface area contributed by atoms with Crippen LogP contribution in [0.2, 0.25) is 0 Å². The lowest BCUT2D eigenvalue weighted by atomic mass is 9.76. The molecule has 1 fully saturated rings. The molecule has 7 heteroatoms. The number of aromatic carboxylic acids is 1. The third-order valence-corrected chi connectivity index (χ3v) is 5.08. The molecular formula is C21H22N2O5. The summed E-state index contributed by atoms with van der Waals surface area (Å²) >= 11 is 0. The Bertz CT molecular complexity index is 881. The molecule has 0 aromatic heterocycles. The third kappa shape index (κ3) is 3.55. The number of carboxylic acids is 1. The molecule has 0 spiro atoms. The normalized spacial score (nSPS) is 21.0. The van der Waals surface area contributed by atoms with Crippen molar-refractivity contribution in [3.8, 4) is 5.75 Å². The summed E-state index contributed by atoms with van der Waals surface area (Å²) < 4.78 is 5.90. The molecule has 146 valence electrons. The minimum Gasteiger partial charge on any atom is -0.478 e. The maximum Gasteiger partial charge on any atom is 0.335 e. The molecule has 1 saturated heterocycles. The van der Waals surface area contributed by atoms with Crippen molar-refractivity contribution in [2.75, 3.05) is 0 Å². The molecule has 0 bridgehead atoms. The van der Waals surface area contributed by atoms with Crippen molar-refractivity contribution < 1.29 is 24.2 Å². The lowest BCUT2D eigenvalue weighted by molar-refractivity contribution is -0.186. The van der Waals surface area contributed by atoms with Gasteiger partial charge in [0.05, 0.1) is 5.56 Å². The van der Waals surface area contributed by atoms with E-state index in [0.717, 1.165) is 10.5 Å². The van der Waals surface area contributed by atoms with E-state index < -0.39 is 23.6 Å². The number of hydrogen-bond acceptors (Lipinski definition) is 4. The molecule has 0 unspecified atom stereocenters. The summed E-state index contributed by atoms with van der Waals surface area (Å²) in [6.45, 7) is 3.92. The zero-order valence-electron chi connectivity index (χ0n) is 15.7. The van der Waals surface area contributed by atoms with Crippen LogP contribution in [0.4, 0.5) is 4.79 Å². The summed E-state index contributed by atoms with van der Waals surface area (Å²) in [7, 11) is 0. The Morgan fingerprint density at radius 3 is 2.36 bits per heavy atom. The van der Waals surface area contributed by atoms with Gasteiger partial charge < -0.3 is 15.2 Å². The third-order valence-electron chi connectivity index (χ3n) is 5.08. The predicted molar refractivity (Wildman–Crippen MR) is 102 cm³/mol. The maximum atomic E-state index is 12.6. The van der Waals surface area contributed by atoms with Crippen molar-refractivity contribution in [3.63, 3.8) is 0 Å². The Hall–Kier alpha value is -3.35. The van der Waals surface area contributed by atoms with Crippen LogP contribution in [0.1, 0.15) is 36.2 Å². The first-order valence-corrected chi connectivity index (χ1v) is 9.02. The summed E-state index contributed by atoms with van der Waals surface area (Å²) in [5.74, 6) is -0.943. The number of carbonyl (C=O) groups excluding carboxylic acids is 2. The number of ether oxygens (including phenoxy) is 1. The molecule has 0 radical (unpaired) electrons. The van der Waals surface area contributed by atoms with Crippen molar-refractivity contribution in [1.82, 2.24) is 10.2 Å². The first-order valence-electron chi connectivity index (χ1n) is 9.02. The molecule has 28 heavy (non-hydrogen) atoms. The first kappa shape index (κ1) is 19.4. The fraction of sp³-hybridized carbons (Fsp3) is 0.286. The summed E-state index contributed by atoms with van der Waals surface area (Å²) in [5.41, 5.74) is 0.229. The van der Waals surface area contributed by atoms with Gasteiger partial charge in [-0.05, 0) is 43.2 Å². The van der Waals surface area contributed by atoms with Crippen LogP contribution in [-0.4, -0.2) is 34.1 Å². The quantitative estimate of drug-likeness (QED) is 0.748. The molecular weight excluding hydrogens is 360 g/mol. The van der Waals surface area contributed by atoms with Gasteiger partial charge in [0, 0.05) is 6.54 Å². The van der Waals surface area contributed by atoms with Gasteiger partial charge in [-0.25, -0.2) is 14.5 Å². The van der Waals surface area contributed by atoms with Crippen molar-refractivity contribution in [2.24, 2.45) is 5.41 Å². The number of carboxylic acid groups (broad SMARTS) is 1. The molecule has 3 rings (SSSR count). The Morgan fingerprint density at radius 2 is 1.79 bits per heavy atom. The number of nitrogens with zero attached hydrogens (tertiary/aromatic N) is 1. The largest absolute Gasteiger partial charge is 0.478 e. The second kappa shape index (κ2) is 7.72. The summed E-state index contributed by atoms with van der Waals surface area (Å²) in [6, 6.07) is 14.7. The van der Waals surface area contributed by atoms with Crippen LogP contribution in [0.3, 0.4) is 0 Å². The summed E-state index contributed by atoms with van der Waals surface area (Å²) in [6.07, 6.45) is -0.261. The fourth-order valence-corrected chi connectivity index (χ4v) is 3.08. The summed E-state index contributed by atoms with van der Waals surface area (Å²) in [5, 5.41) is 11.7. The predicted octanol–water partition coefficient (Wildman–Crippen LogP) is 3.26. The number of nitrogens with one attached hydrogen (secondary N) is 1. The van der Waals surface area contributed by atoms with Gasteiger partial charge >= 0.3 is 12.0 Å². The molecule has 1 aliphatic rings. The van der Waals surface area contributed by atoms with Gasteiger partial charge in [0.2, 0.25) is 5.91 Å². The smallest absolute Gasteiger partial charge is 0.335 e. The van der Waals surface area contributed by atoms with Crippen molar-refractivity contribution in [2.45, 2.75) is 33.0 Å². The number of hydrogen-bond donors (Lipinski definition) is 2. The number of amides is 3. The van der Waals surface area contributed by atoms with Crippen LogP contribution in [-0.2, 0) is 11.3 Å². The van der Waals surface area contributed by atoms with Crippen LogP contribution in [0, 0.1) is 5.41 Å². The lowest BCUT2D eigenvalue weighted by Crippen LogP contribution is -2.72. The lowest BCUT2D eigenvalue weighted by Gasteiger charge is -2.51. The van der Waals surface area contributed by atoms with E-state index in [1.165, 1.54) is 24.3 Å². The van der Waals surface area contributed by atoms with E-state index in [1.54, 1.807) is 6.92 Å². The number of carbonyl (C=O) groups is 3. The zero-order chi connectivity index (χ0) is 20.3. The summed E-state index contributed by atoms with van der Waals surface area (Å²) in [4.78, 5) is 37.3. The number of benzene rings is 2. The highest BCUT2D eigenvalue weighted by Gasteiger charge is 2.61. The molecule has 1 aliphatic heterocycles. The van der Waals surface area contributed by atoms with Gasteiger partial charge in [0.15, 0.2) is 6.23 Å². The van der Waals surface area contributed by atoms with Gasteiger partial charge in [-0.1, -0.05) is 37.3 Å². The fourth-order valence-electron chi connectivity index (χ4n) is 3.08. The average molecular weight is 382 g/mol. The monoisotopic (exact) mass is 382 g/mol. The van der Waals surface area contributed by atoms with Crippen molar-refractivity contribution in [3.05, 3.63) is 65.7 Å². The van der Waals surface area contributed by atoms with E-state index in [2.05, 4.69) is 5.32 Å². The number of rotatable bonds is 6. The van der Waals surface area contributed by atoms with Gasteiger partial charge in [0.25, 0.3) is 0 Å². The van der Waals surface area contributed by atoms with E-state index in [1.807, 2.05) is 37.3 Å². The first-order chi connectivity index (χ1) is 13.4. The van der Waals surface area contributed by atoms with Crippen LogP contribution >= 0.6 is 0 Å². The maximum absolute atomic E-state index is 12.6. The molecule has 2 aromatic rings. The van der Waals surface area contributed by atoms with Crippen molar-refractivity contribution >= 4 is 17.9 Å². The molecule has 0 saturated carbocycles. The molecule has 0 aliphatic carbocycles. The van der Waals surface area contributed by atoms with Gasteiger partial charge in [-0.15, -0.1) is 0 Å². The minimum atomic E-state index is -1.04. The number of likely N-dealkylation sites (tertiary alicyclic amines) is 1. The Balaban J connectivity index is 1.73. The van der Waals surface area contributed by atoms with Gasteiger partial charge in [-0.3, -0.25) is 4.79 Å². The van der Waals surface area contributed by atoms with Crippen LogP contribution in [0.25, 0.3) is 0 Å². The van der Waals surface area contributed by atoms with Crippen molar-refractivity contribution in [1.29, 1.82) is 0 Å². The molecule has 2 atom stereocenters. The molecule has 2 aromatic carbocycles. The number of urea groups is 1. The van der Waals surface area contributed by atoms with Crippen LogP contribution in [0.15, 0.2) is 54.6 Å². The standard InChI is InChI=1S/C21H22N2O5/c1-3-21(2)18(26)23(20(27)22-13-14-7-5-4-6-8-14)19(21)28-16-11-9-15(10-12-16)17(24)25/h4-12,19H,3,13H2,1-2H3,(H,22,27)(H,24,25)/t19-,21-/m0/s1. The molecule has 3 amide bonds. The zero-order valence-corrected chi connectivity index (χ0v) is 15.7. The topological polar surface area (TPSA) is 95.9 Å². The Labute approximate surface area is 162 Å². The van der Waals surface area contributed by atoms with E-state index >= 15 is 0 Å². The van der Waals surface area contributed by atoms with Gasteiger partial charge in [0.1, 0.15) is 11.2 Å². The number of imide groups is 1. The highest BCUT2D eigenvalue weighted by atomic mass is 16.5. The van der Waals surface area contributed by atoms with Crippen LogP contribution < -0.4 is 10.1 Å². The Morgan fingerprint density at radius 1 is 1.14 bits per heavy atom. The Kier molecular flexibility index (Phi) is 5.35. The molecule has 1 heterocycles. The second-order valence-corrected chi connectivity index (χ2v) is 6.89. The average Bonchev–Trinajstić information content (AvgIpc) is 2.72. The van der Waals surface area contributed by atoms with Crippen LogP contribution in [0.5, 0.6) is 5.75 Å². The molecule has 7 nitrogen and oxygen atoms in total. The van der Waals surface area contributed by atoms with E-state index in [9.17, 15) is 14.4 Å². The number of β-lactam (4-membered cyclic amide) rings is 1. The van der Waals surface area contributed by atoms with E-state index in [-0.39, 0.29) is 11.5 Å². The second-order valence-electron chi connectivity index (χ2n) is 6.89. The molecule has 2 N–H and O–H groups in total. The van der Waals surface area contributed by atoms with Gasteiger partial charge in [-0.2, -0.15) is 0 Å². The highest BCUT2D eigenvalue weighted by Crippen LogP contribution is 2.43. The minimum absolute atomic E-state index is 0.132. The van der Waals surface area contributed by atoms with E-state index in [0.29, 0.717) is 18.7 Å². The van der Waals surface area contributed by atoms with E-state index in [4.69, 9.17) is 9.84 Å². The highest BCUT2D eigenvalue weighted by molar-refractivity contribution is 6.03.